The van der Waals surface area contributed by atoms with Crippen LogP contribution in [-0.4, -0.2) is 30.0 Å². The Morgan fingerprint density at radius 2 is 2.18 bits per heavy atom. The van der Waals surface area contributed by atoms with Crippen molar-refractivity contribution in [1.82, 2.24) is 10.3 Å². The molecule has 0 bridgehead atoms. The van der Waals surface area contributed by atoms with Crippen LogP contribution in [0.15, 0.2) is 52.9 Å². The van der Waals surface area contributed by atoms with Crippen molar-refractivity contribution < 1.29 is 13.6 Å². The number of thiophene rings is 1. The highest BCUT2D eigenvalue weighted by molar-refractivity contribution is 7.20. The van der Waals surface area contributed by atoms with Crippen LogP contribution in [0.2, 0.25) is 0 Å². The van der Waals surface area contributed by atoms with Gasteiger partial charge in [0, 0.05) is 17.8 Å². The van der Waals surface area contributed by atoms with Crippen LogP contribution in [0, 0.1) is 5.82 Å². The summed E-state index contributed by atoms with van der Waals surface area (Å²) in [5, 5.41) is 3.77. The lowest BCUT2D eigenvalue weighted by atomic mass is 10.2. The maximum Gasteiger partial charge on any atom is 0.298 e. The molecule has 7 heteroatoms. The van der Waals surface area contributed by atoms with Crippen molar-refractivity contribution in [3.05, 3.63) is 59.2 Å². The third-order valence-corrected chi connectivity index (χ3v) is 6.22. The summed E-state index contributed by atoms with van der Waals surface area (Å²) in [6.07, 6.45) is 2.00. The fraction of sp³-hybridized carbons (Fsp3) is 0.238. The normalized spacial score (nSPS) is 16.9. The topological polar surface area (TPSA) is 58.4 Å². The Bertz CT molecular complexity index is 1140. The van der Waals surface area contributed by atoms with E-state index >= 15 is 0 Å². The third-order valence-electron chi connectivity index (χ3n) is 5.11. The lowest BCUT2D eigenvalue weighted by Gasteiger charge is -2.22. The van der Waals surface area contributed by atoms with E-state index in [0.717, 1.165) is 40.6 Å². The minimum atomic E-state index is -0.294. The molecule has 2 aromatic carbocycles. The highest BCUT2D eigenvalue weighted by atomic mass is 32.1. The zero-order valence-electron chi connectivity index (χ0n) is 15.0. The fourth-order valence-corrected chi connectivity index (χ4v) is 4.67. The van der Waals surface area contributed by atoms with E-state index in [1.165, 1.54) is 23.5 Å². The van der Waals surface area contributed by atoms with E-state index in [4.69, 9.17) is 4.42 Å². The summed E-state index contributed by atoms with van der Waals surface area (Å²) in [4.78, 5) is 19.9. The number of para-hydroxylation sites is 2. The molecule has 1 saturated heterocycles. The molecule has 1 atom stereocenters. The molecular weight excluding hydrogens is 377 g/mol. The van der Waals surface area contributed by atoms with Crippen LogP contribution < -0.4 is 10.2 Å². The number of carbonyl (C=O) groups excluding carboxylic acids is 1. The molecule has 0 aliphatic carbocycles. The molecule has 1 aliphatic heterocycles. The number of carbonyl (C=O) groups is 1. The number of hydrogen-bond acceptors (Lipinski definition) is 5. The van der Waals surface area contributed by atoms with Crippen molar-refractivity contribution in [2.24, 2.45) is 0 Å². The smallest absolute Gasteiger partial charge is 0.298 e. The Kier molecular flexibility index (Phi) is 4.24. The highest BCUT2D eigenvalue weighted by Gasteiger charge is 2.29. The maximum absolute atomic E-state index is 13.4. The van der Waals surface area contributed by atoms with Gasteiger partial charge in [-0.3, -0.25) is 4.79 Å². The summed E-state index contributed by atoms with van der Waals surface area (Å²) < 4.78 is 20.2. The van der Waals surface area contributed by atoms with Gasteiger partial charge in [0.1, 0.15) is 11.3 Å². The van der Waals surface area contributed by atoms with Gasteiger partial charge in [0.25, 0.3) is 11.9 Å². The molecule has 0 radical (unpaired) electrons. The van der Waals surface area contributed by atoms with Crippen molar-refractivity contribution in [2.45, 2.75) is 18.9 Å². The van der Waals surface area contributed by atoms with Crippen LogP contribution in [0.4, 0.5) is 10.4 Å². The number of fused-ring (bicyclic) bond motifs is 2. The summed E-state index contributed by atoms with van der Waals surface area (Å²) in [7, 11) is 0. The maximum atomic E-state index is 13.4. The number of hydrogen-bond donors (Lipinski definition) is 1. The predicted molar refractivity (Wildman–Crippen MR) is 108 cm³/mol. The minimum Gasteiger partial charge on any atom is -0.423 e. The first-order chi connectivity index (χ1) is 13.7. The first kappa shape index (κ1) is 17.2. The van der Waals surface area contributed by atoms with Crippen molar-refractivity contribution in [3.63, 3.8) is 0 Å². The molecule has 5 rings (SSSR count). The van der Waals surface area contributed by atoms with Crippen LogP contribution in [0.5, 0.6) is 0 Å². The molecule has 1 amide bonds. The molecule has 142 valence electrons. The van der Waals surface area contributed by atoms with E-state index in [0.29, 0.717) is 17.4 Å². The zero-order chi connectivity index (χ0) is 19.1. The van der Waals surface area contributed by atoms with Crippen molar-refractivity contribution >= 4 is 44.4 Å². The second-order valence-electron chi connectivity index (χ2n) is 6.96. The Labute approximate surface area is 164 Å². The van der Waals surface area contributed by atoms with E-state index in [2.05, 4.69) is 15.2 Å². The summed E-state index contributed by atoms with van der Waals surface area (Å²) in [6.45, 7) is 1.37. The average molecular weight is 395 g/mol. The highest BCUT2D eigenvalue weighted by Crippen LogP contribution is 2.29. The number of rotatable bonds is 4. The first-order valence-electron chi connectivity index (χ1n) is 9.27. The van der Waals surface area contributed by atoms with Gasteiger partial charge in [-0.05, 0) is 54.6 Å². The molecule has 3 heterocycles. The van der Waals surface area contributed by atoms with E-state index < -0.39 is 0 Å². The van der Waals surface area contributed by atoms with Gasteiger partial charge in [-0.1, -0.05) is 12.1 Å². The Hall–Kier alpha value is -2.93. The van der Waals surface area contributed by atoms with Crippen LogP contribution in [0.1, 0.15) is 22.5 Å². The number of halogens is 1. The van der Waals surface area contributed by atoms with Crippen molar-refractivity contribution in [1.29, 1.82) is 0 Å². The van der Waals surface area contributed by atoms with Crippen LogP contribution in [-0.2, 0) is 0 Å². The number of anilines is 1. The molecule has 0 saturated carbocycles. The lowest BCUT2D eigenvalue weighted by molar-refractivity contribution is 0.0955. The molecule has 1 fully saturated rings. The zero-order valence-corrected chi connectivity index (χ0v) is 15.8. The predicted octanol–water partition coefficient (Wildman–Crippen LogP) is 4.58. The number of oxazole rings is 1. The molecule has 0 spiro atoms. The Morgan fingerprint density at radius 3 is 3.07 bits per heavy atom. The van der Waals surface area contributed by atoms with Crippen molar-refractivity contribution in [2.75, 3.05) is 18.0 Å². The van der Waals surface area contributed by atoms with Gasteiger partial charge in [-0.15, -0.1) is 11.3 Å². The molecular formula is C21H18FN3O2S. The lowest BCUT2D eigenvalue weighted by Crippen LogP contribution is -2.40. The second-order valence-corrected chi connectivity index (χ2v) is 8.04. The van der Waals surface area contributed by atoms with E-state index in [9.17, 15) is 9.18 Å². The van der Waals surface area contributed by atoms with Gasteiger partial charge in [0.2, 0.25) is 0 Å². The molecule has 1 aliphatic rings. The van der Waals surface area contributed by atoms with Gasteiger partial charge >= 0.3 is 0 Å². The number of nitrogens with one attached hydrogen (secondary N) is 1. The minimum absolute atomic E-state index is 0.133. The number of nitrogens with zero attached hydrogens (tertiary/aromatic N) is 2. The largest absolute Gasteiger partial charge is 0.423 e. The Morgan fingerprint density at radius 1 is 1.29 bits per heavy atom. The van der Waals surface area contributed by atoms with Gasteiger partial charge < -0.3 is 14.6 Å². The molecule has 0 unspecified atom stereocenters. The third kappa shape index (κ3) is 3.11. The van der Waals surface area contributed by atoms with Crippen molar-refractivity contribution in [3.8, 4) is 0 Å². The number of amides is 1. The standard InChI is InChI=1S/C21H18FN3O2S/c22-14-7-8-18-13(10-14)11-19(28-18)20(26)23-12-15-4-3-9-25(15)21-24-16-5-1-2-6-17(16)27-21/h1-2,5-8,10-11,15H,3-4,9,12H2,(H,23,26)/t15-/m1/s1. The average Bonchev–Trinajstić information content (AvgIpc) is 3.42. The quantitative estimate of drug-likeness (QED) is 0.549. The monoisotopic (exact) mass is 395 g/mol. The summed E-state index contributed by atoms with van der Waals surface area (Å²) in [5.74, 6) is -0.428. The first-order valence-corrected chi connectivity index (χ1v) is 10.1. The van der Waals surface area contributed by atoms with Crippen LogP contribution >= 0.6 is 11.3 Å². The van der Waals surface area contributed by atoms with Gasteiger partial charge in [0.15, 0.2) is 5.58 Å². The molecule has 28 heavy (non-hydrogen) atoms. The van der Waals surface area contributed by atoms with Gasteiger partial charge in [-0.2, -0.15) is 4.98 Å². The molecule has 4 aromatic rings. The van der Waals surface area contributed by atoms with Gasteiger partial charge in [0.05, 0.1) is 10.9 Å². The summed E-state index contributed by atoms with van der Waals surface area (Å²) in [6, 6.07) is 14.8. The fourth-order valence-electron chi connectivity index (χ4n) is 3.71. The van der Waals surface area contributed by atoms with E-state index in [1.54, 1.807) is 12.1 Å². The summed E-state index contributed by atoms with van der Waals surface area (Å²) >= 11 is 1.37. The Balaban J connectivity index is 1.30. The van der Waals surface area contributed by atoms with Crippen LogP contribution in [0.3, 0.4) is 0 Å². The molecule has 5 nitrogen and oxygen atoms in total. The van der Waals surface area contributed by atoms with E-state index in [-0.39, 0.29) is 17.8 Å². The van der Waals surface area contributed by atoms with Gasteiger partial charge in [-0.25, -0.2) is 4.39 Å². The van der Waals surface area contributed by atoms with E-state index in [1.807, 2.05) is 24.3 Å². The number of benzene rings is 2. The molecule has 2 aromatic heterocycles. The summed E-state index contributed by atoms with van der Waals surface area (Å²) in [5.41, 5.74) is 1.61. The number of aromatic nitrogens is 1. The van der Waals surface area contributed by atoms with Crippen LogP contribution in [0.25, 0.3) is 21.2 Å². The second kappa shape index (κ2) is 6.91. The molecule has 1 N–H and O–H groups in total. The SMILES string of the molecule is O=C(NC[C@H]1CCCN1c1nc2ccccc2o1)c1cc2cc(F)ccc2s1.